The summed E-state index contributed by atoms with van der Waals surface area (Å²) in [6, 6.07) is 0.378. The first-order valence-corrected chi connectivity index (χ1v) is 5.45. The smallest absolute Gasteiger partial charge is 0.261 e. The van der Waals surface area contributed by atoms with Gasteiger partial charge in [0.25, 0.3) is 5.92 Å². The van der Waals surface area contributed by atoms with Crippen LogP contribution >= 0.6 is 0 Å². The molecule has 0 aromatic carbocycles. The number of hydrogen-bond donors (Lipinski definition) is 0. The number of likely N-dealkylation sites (tertiary alicyclic amines) is 2. The van der Waals surface area contributed by atoms with Crippen LogP contribution in [0.5, 0.6) is 0 Å². The van der Waals surface area contributed by atoms with Crippen LogP contribution in [0, 0.1) is 0 Å². The summed E-state index contributed by atoms with van der Waals surface area (Å²) in [6.45, 7) is 5.78. The van der Waals surface area contributed by atoms with Crippen molar-refractivity contribution in [2.24, 2.45) is 0 Å². The zero-order valence-electron chi connectivity index (χ0n) is 8.68. The van der Waals surface area contributed by atoms with Crippen molar-refractivity contribution in [1.29, 1.82) is 0 Å². The van der Waals surface area contributed by atoms with Crippen molar-refractivity contribution >= 4 is 0 Å². The second-order valence-electron chi connectivity index (χ2n) is 4.41. The van der Waals surface area contributed by atoms with Crippen LogP contribution in [0.1, 0.15) is 19.8 Å². The van der Waals surface area contributed by atoms with E-state index in [9.17, 15) is 8.78 Å². The van der Waals surface area contributed by atoms with Crippen molar-refractivity contribution in [3.05, 3.63) is 0 Å². The zero-order valence-corrected chi connectivity index (χ0v) is 8.68. The Bertz CT molecular complexity index is 208. The standard InChI is InChI=1S/C10H18F2N2/c1-2-13-5-3-9(7-13)14-6-4-10(11,12)8-14/h9H,2-8H2,1H3. The van der Waals surface area contributed by atoms with Gasteiger partial charge in [-0.3, -0.25) is 4.90 Å². The van der Waals surface area contributed by atoms with Gasteiger partial charge < -0.3 is 4.90 Å². The van der Waals surface area contributed by atoms with Gasteiger partial charge >= 0.3 is 0 Å². The van der Waals surface area contributed by atoms with Crippen LogP contribution in [-0.4, -0.2) is 54.5 Å². The summed E-state index contributed by atoms with van der Waals surface area (Å²) in [5.41, 5.74) is 0. The highest BCUT2D eigenvalue weighted by Crippen LogP contribution is 2.30. The van der Waals surface area contributed by atoms with E-state index in [1.807, 2.05) is 4.90 Å². The largest absolute Gasteiger partial charge is 0.302 e. The van der Waals surface area contributed by atoms with Gasteiger partial charge in [0.05, 0.1) is 6.54 Å². The van der Waals surface area contributed by atoms with E-state index in [0.29, 0.717) is 12.6 Å². The Balaban J connectivity index is 1.86. The van der Waals surface area contributed by atoms with E-state index in [-0.39, 0.29) is 13.0 Å². The van der Waals surface area contributed by atoms with Gasteiger partial charge in [-0.25, -0.2) is 8.78 Å². The van der Waals surface area contributed by atoms with Crippen LogP contribution in [-0.2, 0) is 0 Å². The summed E-state index contributed by atoms with van der Waals surface area (Å²) >= 11 is 0. The first kappa shape index (κ1) is 10.3. The lowest BCUT2D eigenvalue weighted by atomic mass is 10.2. The Morgan fingerprint density at radius 3 is 2.64 bits per heavy atom. The third kappa shape index (κ3) is 2.06. The van der Waals surface area contributed by atoms with Crippen LogP contribution in [0.25, 0.3) is 0 Å². The highest BCUT2D eigenvalue weighted by molar-refractivity contribution is 4.90. The third-order valence-corrected chi connectivity index (χ3v) is 3.41. The molecule has 4 heteroatoms. The summed E-state index contributed by atoms with van der Waals surface area (Å²) in [5.74, 6) is -2.43. The van der Waals surface area contributed by atoms with Gasteiger partial charge in [-0.1, -0.05) is 6.92 Å². The third-order valence-electron chi connectivity index (χ3n) is 3.41. The highest BCUT2D eigenvalue weighted by Gasteiger charge is 2.42. The normalized spacial score (nSPS) is 34.1. The lowest BCUT2D eigenvalue weighted by Gasteiger charge is -2.23. The molecular formula is C10H18F2N2. The number of likely N-dealkylation sites (N-methyl/N-ethyl adjacent to an activating group) is 1. The van der Waals surface area contributed by atoms with Gasteiger partial charge in [0.2, 0.25) is 0 Å². The van der Waals surface area contributed by atoms with Crippen molar-refractivity contribution in [2.75, 3.05) is 32.7 Å². The lowest BCUT2D eigenvalue weighted by Crippen LogP contribution is -2.37. The molecule has 2 rings (SSSR count). The molecule has 82 valence electrons. The zero-order chi connectivity index (χ0) is 10.2. The van der Waals surface area contributed by atoms with E-state index in [4.69, 9.17) is 0 Å². The fourth-order valence-electron chi connectivity index (χ4n) is 2.47. The molecule has 2 saturated heterocycles. The van der Waals surface area contributed by atoms with Crippen molar-refractivity contribution in [1.82, 2.24) is 9.80 Å². The molecule has 0 radical (unpaired) electrons. The minimum absolute atomic E-state index is 0.0186. The monoisotopic (exact) mass is 204 g/mol. The first-order valence-electron chi connectivity index (χ1n) is 5.45. The molecule has 0 amide bonds. The minimum atomic E-state index is -2.43. The van der Waals surface area contributed by atoms with Gasteiger partial charge in [-0.05, 0) is 19.5 Å². The summed E-state index contributed by atoms with van der Waals surface area (Å²) in [4.78, 5) is 4.30. The Labute approximate surface area is 83.9 Å². The maximum atomic E-state index is 13.0. The molecule has 0 aromatic heterocycles. The second-order valence-corrected chi connectivity index (χ2v) is 4.41. The molecule has 0 N–H and O–H groups in total. The average molecular weight is 204 g/mol. The SMILES string of the molecule is CCN1CCC(N2CCC(F)(F)C2)C1. The van der Waals surface area contributed by atoms with E-state index in [1.54, 1.807) is 0 Å². The van der Waals surface area contributed by atoms with Gasteiger partial charge in [0, 0.05) is 25.6 Å². The van der Waals surface area contributed by atoms with Crippen molar-refractivity contribution in [2.45, 2.75) is 31.7 Å². The Hall–Kier alpha value is -0.220. The molecule has 2 aliphatic heterocycles. The topological polar surface area (TPSA) is 6.48 Å². The van der Waals surface area contributed by atoms with Crippen LogP contribution in [0.15, 0.2) is 0 Å². The van der Waals surface area contributed by atoms with Crippen LogP contribution in [0.3, 0.4) is 0 Å². The quantitative estimate of drug-likeness (QED) is 0.671. The number of nitrogens with zero attached hydrogens (tertiary/aromatic N) is 2. The van der Waals surface area contributed by atoms with Crippen LogP contribution in [0.2, 0.25) is 0 Å². The Morgan fingerprint density at radius 1 is 1.36 bits per heavy atom. The molecule has 0 aromatic rings. The number of hydrogen-bond acceptors (Lipinski definition) is 2. The van der Waals surface area contributed by atoms with E-state index in [0.717, 1.165) is 26.1 Å². The minimum Gasteiger partial charge on any atom is -0.302 e. The summed E-state index contributed by atoms with van der Waals surface area (Å²) in [7, 11) is 0. The Kier molecular flexibility index (Phi) is 2.75. The predicted molar refractivity (Wildman–Crippen MR) is 51.7 cm³/mol. The predicted octanol–water partition coefficient (Wildman–Crippen LogP) is 1.42. The molecule has 2 aliphatic rings. The molecule has 0 aliphatic carbocycles. The first-order chi connectivity index (χ1) is 6.61. The lowest BCUT2D eigenvalue weighted by molar-refractivity contribution is 0.00807. The van der Waals surface area contributed by atoms with E-state index >= 15 is 0 Å². The molecule has 14 heavy (non-hydrogen) atoms. The highest BCUT2D eigenvalue weighted by atomic mass is 19.3. The Morgan fingerprint density at radius 2 is 2.14 bits per heavy atom. The van der Waals surface area contributed by atoms with Gasteiger partial charge in [-0.15, -0.1) is 0 Å². The van der Waals surface area contributed by atoms with Gasteiger partial charge in [0.15, 0.2) is 0 Å². The van der Waals surface area contributed by atoms with Crippen LogP contribution < -0.4 is 0 Å². The fourth-order valence-corrected chi connectivity index (χ4v) is 2.47. The molecule has 2 fully saturated rings. The maximum Gasteiger partial charge on any atom is 0.261 e. The average Bonchev–Trinajstić information content (AvgIpc) is 2.70. The van der Waals surface area contributed by atoms with Crippen molar-refractivity contribution in [3.8, 4) is 0 Å². The molecule has 1 unspecified atom stereocenters. The van der Waals surface area contributed by atoms with Gasteiger partial charge in [0.1, 0.15) is 0 Å². The van der Waals surface area contributed by atoms with E-state index in [1.165, 1.54) is 0 Å². The molecule has 1 atom stereocenters. The molecular weight excluding hydrogens is 186 g/mol. The molecule has 0 bridgehead atoms. The maximum absolute atomic E-state index is 13.0. The molecule has 2 nitrogen and oxygen atoms in total. The second kappa shape index (κ2) is 3.74. The molecule has 0 saturated carbocycles. The van der Waals surface area contributed by atoms with E-state index < -0.39 is 5.92 Å². The number of rotatable bonds is 2. The number of halogens is 2. The van der Waals surface area contributed by atoms with Crippen molar-refractivity contribution in [3.63, 3.8) is 0 Å². The molecule has 0 spiro atoms. The number of alkyl halides is 2. The summed E-state index contributed by atoms with van der Waals surface area (Å²) < 4.78 is 25.9. The van der Waals surface area contributed by atoms with Crippen molar-refractivity contribution < 1.29 is 8.78 Å². The van der Waals surface area contributed by atoms with Crippen LogP contribution in [0.4, 0.5) is 8.78 Å². The summed E-state index contributed by atoms with van der Waals surface area (Å²) in [6.07, 6.45) is 1.11. The summed E-state index contributed by atoms with van der Waals surface area (Å²) in [5, 5.41) is 0. The fraction of sp³-hybridized carbons (Fsp3) is 1.00. The van der Waals surface area contributed by atoms with Gasteiger partial charge in [-0.2, -0.15) is 0 Å². The van der Waals surface area contributed by atoms with E-state index in [2.05, 4.69) is 11.8 Å². The molecule has 2 heterocycles.